The second-order valence-corrected chi connectivity index (χ2v) is 7.23. The summed E-state index contributed by atoms with van der Waals surface area (Å²) < 4.78 is 7.14. The Hall–Kier alpha value is -0.770. The van der Waals surface area contributed by atoms with Gasteiger partial charge < -0.3 is 10.1 Å². The summed E-state index contributed by atoms with van der Waals surface area (Å²) in [7, 11) is 2.03. The molecule has 0 fully saturated rings. The van der Waals surface area contributed by atoms with Crippen molar-refractivity contribution in [2.24, 2.45) is 0 Å². The van der Waals surface area contributed by atoms with Crippen molar-refractivity contribution in [2.75, 3.05) is 20.2 Å². The molecule has 0 aliphatic carbocycles. The summed E-state index contributed by atoms with van der Waals surface area (Å²) in [4.78, 5) is 0. The van der Waals surface area contributed by atoms with E-state index in [4.69, 9.17) is 4.74 Å². The van der Waals surface area contributed by atoms with E-state index in [-0.39, 0.29) is 12.4 Å². The van der Waals surface area contributed by atoms with Crippen molar-refractivity contribution in [2.45, 2.75) is 51.4 Å². The Morgan fingerprint density at radius 2 is 1.40 bits per heavy atom. The Bertz CT molecular complexity index is 605. The minimum absolute atomic E-state index is 0. The molecule has 140 valence electrons. The van der Waals surface area contributed by atoms with Crippen LogP contribution >= 0.6 is 28.3 Å². The van der Waals surface area contributed by atoms with Gasteiger partial charge in [-0.25, -0.2) is 0 Å². The lowest BCUT2D eigenvalue weighted by molar-refractivity contribution is 0.307. The van der Waals surface area contributed by atoms with Crippen LogP contribution in [0.5, 0.6) is 5.75 Å². The Kier molecular flexibility index (Phi) is 12.0. The van der Waals surface area contributed by atoms with Gasteiger partial charge in [-0.3, -0.25) is 0 Å². The molecular formula is C21H31BrClNO. The van der Waals surface area contributed by atoms with Crippen molar-refractivity contribution in [1.29, 1.82) is 0 Å². The number of nitrogens with one attached hydrogen (secondary N) is 1. The summed E-state index contributed by atoms with van der Waals surface area (Å²) in [5, 5.41) is 5.61. The summed E-state index contributed by atoms with van der Waals surface area (Å²) >= 11 is 3.61. The lowest BCUT2D eigenvalue weighted by Crippen LogP contribution is -2.06. The fourth-order valence-corrected chi connectivity index (χ4v) is 3.49. The molecule has 0 aliphatic rings. The molecule has 2 rings (SSSR count). The number of unbranched alkanes of at least 4 members (excludes halogenated alkanes) is 7. The Morgan fingerprint density at radius 1 is 0.800 bits per heavy atom. The van der Waals surface area contributed by atoms with E-state index in [1.165, 1.54) is 55.7 Å². The van der Waals surface area contributed by atoms with Gasteiger partial charge in [0, 0.05) is 9.86 Å². The van der Waals surface area contributed by atoms with Gasteiger partial charge in [0.05, 0.1) is 6.61 Å². The van der Waals surface area contributed by atoms with Gasteiger partial charge in [-0.15, -0.1) is 12.4 Å². The van der Waals surface area contributed by atoms with E-state index in [1.807, 2.05) is 7.05 Å². The highest BCUT2D eigenvalue weighted by Gasteiger charge is 2.04. The largest absolute Gasteiger partial charge is 0.493 e. The van der Waals surface area contributed by atoms with Gasteiger partial charge in [-0.1, -0.05) is 78.7 Å². The molecule has 1 N–H and O–H groups in total. The van der Waals surface area contributed by atoms with E-state index in [0.29, 0.717) is 0 Å². The molecule has 2 nitrogen and oxygen atoms in total. The molecule has 0 unspecified atom stereocenters. The maximum Gasteiger partial charge on any atom is 0.127 e. The van der Waals surface area contributed by atoms with Gasteiger partial charge >= 0.3 is 0 Å². The topological polar surface area (TPSA) is 21.3 Å². The van der Waals surface area contributed by atoms with Crippen LogP contribution < -0.4 is 10.1 Å². The first kappa shape index (κ1) is 22.3. The molecule has 0 heterocycles. The zero-order valence-corrected chi connectivity index (χ0v) is 17.6. The minimum Gasteiger partial charge on any atom is -0.493 e. The summed E-state index contributed by atoms with van der Waals surface area (Å²) in [6.07, 6.45) is 10.5. The third-order valence-corrected chi connectivity index (χ3v) is 5.10. The van der Waals surface area contributed by atoms with E-state index in [2.05, 4.69) is 57.6 Å². The van der Waals surface area contributed by atoms with Crippen molar-refractivity contribution in [3.05, 3.63) is 40.9 Å². The predicted octanol–water partition coefficient (Wildman–Crippen LogP) is 6.74. The Balaban J connectivity index is 0.00000312. The highest BCUT2D eigenvalue weighted by molar-refractivity contribution is 9.10. The Labute approximate surface area is 167 Å². The normalized spacial score (nSPS) is 10.6. The van der Waals surface area contributed by atoms with Gasteiger partial charge in [0.1, 0.15) is 5.75 Å². The minimum atomic E-state index is 0. The summed E-state index contributed by atoms with van der Waals surface area (Å²) in [6.45, 7) is 1.97. The molecule has 0 spiro atoms. The van der Waals surface area contributed by atoms with Crippen LogP contribution in [0.1, 0.15) is 51.4 Å². The standard InChI is InChI=1S/C21H30BrNO.ClH/c1-23-16-10-6-4-2-3-5-7-11-17-24-21-15-14-20(22)18-12-8-9-13-19(18)21;/h8-9,12-15,23H,2-7,10-11,16-17H2,1H3;1H. The summed E-state index contributed by atoms with van der Waals surface area (Å²) in [6, 6.07) is 12.5. The van der Waals surface area contributed by atoms with Gasteiger partial charge in [-0.05, 0) is 44.0 Å². The molecule has 0 saturated carbocycles. The van der Waals surface area contributed by atoms with E-state index in [0.717, 1.165) is 29.8 Å². The molecule has 2 aromatic carbocycles. The molecular weight excluding hydrogens is 398 g/mol. The summed E-state index contributed by atoms with van der Waals surface area (Å²) in [5.74, 6) is 0.998. The van der Waals surface area contributed by atoms with Gasteiger partial charge in [0.2, 0.25) is 0 Å². The molecule has 2 aromatic rings. The average molecular weight is 429 g/mol. The number of hydrogen-bond donors (Lipinski definition) is 1. The SMILES string of the molecule is CNCCCCCCCCCCOc1ccc(Br)c2ccccc12.Cl. The first-order chi connectivity index (χ1) is 11.8. The fourth-order valence-electron chi connectivity index (χ4n) is 3.01. The molecule has 25 heavy (non-hydrogen) atoms. The number of fused-ring (bicyclic) bond motifs is 1. The van der Waals surface area contributed by atoms with Gasteiger partial charge in [0.25, 0.3) is 0 Å². The van der Waals surface area contributed by atoms with E-state index < -0.39 is 0 Å². The second kappa shape index (κ2) is 13.4. The second-order valence-electron chi connectivity index (χ2n) is 6.37. The van der Waals surface area contributed by atoms with Crippen LogP contribution in [0.4, 0.5) is 0 Å². The van der Waals surface area contributed by atoms with Crippen molar-refractivity contribution >= 4 is 39.1 Å². The van der Waals surface area contributed by atoms with Gasteiger partial charge in [0.15, 0.2) is 0 Å². The first-order valence-electron chi connectivity index (χ1n) is 9.27. The third kappa shape index (κ3) is 7.98. The van der Waals surface area contributed by atoms with Crippen LogP contribution in [0.3, 0.4) is 0 Å². The molecule has 0 atom stereocenters. The predicted molar refractivity (Wildman–Crippen MR) is 115 cm³/mol. The number of rotatable bonds is 12. The van der Waals surface area contributed by atoms with Crippen molar-refractivity contribution < 1.29 is 4.74 Å². The lowest BCUT2D eigenvalue weighted by atomic mass is 10.1. The van der Waals surface area contributed by atoms with Crippen LogP contribution in [0.15, 0.2) is 40.9 Å². The number of ether oxygens (including phenoxy) is 1. The first-order valence-corrected chi connectivity index (χ1v) is 10.1. The maximum atomic E-state index is 6.02. The quantitative estimate of drug-likeness (QED) is 0.378. The number of hydrogen-bond acceptors (Lipinski definition) is 2. The monoisotopic (exact) mass is 427 g/mol. The zero-order chi connectivity index (χ0) is 17.0. The molecule has 4 heteroatoms. The molecule has 0 aromatic heterocycles. The molecule has 0 saturated heterocycles. The molecule has 0 aliphatic heterocycles. The van der Waals surface area contributed by atoms with Crippen molar-refractivity contribution in [3.8, 4) is 5.75 Å². The number of benzene rings is 2. The molecule has 0 bridgehead atoms. The van der Waals surface area contributed by atoms with Crippen LogP contribution in [0.25, 0.3) is 10.8 Å². The average Bonchev–Trinajstić information content (AvgIpc) is 2.61. The highest BCUT2D eigenvalue weighted by Crippen LogP contribution is 2.31. The van der Waals surface area contributed by atoms with Crippen LogP contribution in [0, 0.1) is 0 Å². The van der Waals surface area contributed by atoms with Crippen molar-refractivity contribution in [1.82, 2.24) is 5.32 Å². The van der Waals surface area contributed by atoms with E-state index in [9.17, 15) is 0 Å². The van der Waals surface area contributed by atoms with E-state index in [1.54, 1.807) is 0 Å². The molecule has 0 radical (unpaired) electrons. The maximum absolute atomic E-state index is 6.02. The lowest BCUT2D eigenvalue weighted by Gasteiger charge is -2.10. The zero-order valence-electron chi connectivity index (χ0n) is 15.2. The van der Waals surface area contributed by atoms with Gasteiger partial charge in [-0.2, -0.15) is 0 Å². The van der Waals surface area contributed by atoms with Crippen LogP contribution in [-0.2, 0) is 0 Å². The highest BCUT2D eigenvalue weighted by atomic mass is 79.9. The smallest absolute Gasteiger partial charge is 0.127 e. The van der Waals surface area contributed by atoms with E-state index >= 15 is 0 Å². The fraction of sp³-hybridized carbons (Fsp3) is 0.524. The number of halogens is 2. The van der Waals surface area contributed by atoms with Crippen LogP contribution in [0.2, 0.25) is 0 Å². The third-order valence-electron chi connectivity index (χ3n) is 4.41. The van der Waals surface area contributed by atoms with Crippen LogP contribution in [-0.4, -0.2) is 20.2 Å². The molecule has 0 amide bonds. The summed E-state index contributed by atoms with van der Waals surface area (Å²) in [5.41, 5.74) is 0. The Morgan fingerprint density at radius 3 is 2.08 bits per heavy atom. The van der Waals surface area contributed by atoms with Crippen molar-refractivity contribution in [3.63, 3.8) is 0 Å².